The van der Waals surface area contributed by atoms with Crippen LogP contribution in [0.3, 0.4) is 0 Å². The molecule has 6 saturated heterocycles. The second-order valence-electron chi connectivity index (χ2n) is 46.0. The average Bonchev–Trinajstić information content (AvgIpc) is 0.671. The molecular weight excluding hydrogens is 1780 g/mol. The van der Waals surface area contributed by atoms with Crippen LogP contribution < -0.4 is 0 Å². The van der Waals surface area contributed by atoms with Crippen LogP contribution in [0.15, 0.2) is 23.3 Å². The number of carbonyl (C=O) groups excluding carboxylic acids is 2. The highest BCUT2D eigenvalue weighted by molar-refractivity contribution is 5.80. The number of hydrogen-bond donors (Lipinski definition) is 25. The molecule has 6 aliphatic heterocycles. The zero-order chi connectivity index (χ0) is 99.0. The number of ether oxygens (including phenoxy) is 12. The van der Waals surface area contributed by atoms with Gasteiger partial charge in [0.15, 0.2) is 25.2 Å². The lowest BCUT2D eigenvalue weighted by Crippen LogP contribution is -2.71. The molecule has 774 valence electrons. The van der Waals surface area contributed by atoms with Crippen molar-refractivity contribution in [1.82, 2.24) is 0 Å². The summed E-state index contributed by atoms with van der Waals surface area (Å²) in [6.45, 7) is 25.1. The van der Waals surface area contributed by atoms with E-state index in [2.05, 4.69) is 81.4 Å². The summed E-state index contributed by atoms with van der Waals surface area (Å²) in [5, 5.41) is 271. The van der Waals surface area contributed by atoms with Gasteiger partial charge in [-0.25, -0.2) is 0 Å². The van der Waals surface area contributed by atoms with E-state index in [1.54, 1.807) is 6.92 Å². The summed E-state index contributed by atoms with van der Waals surface area (Å²) in [4.78, 5) is 30.0. The van der Waals surface area contributed by atoms with Crippen molar-refractivity contribution in [3.05, 3.63) is 23.3 Å². The molecule has 39 heteroatoms. The second kappa shape index (κ2) is 38.8. The molecule has 0 amide bonds. The number of carbonyl (C=O) groups is 2. The summed E-state index contributed by atoms with van der Waals surface area (Å²) in [5.41, 5.74) is -4.47. The lowest BCUT2D eigenvalue weighted by molar-refractivity contribution is -0.361. The largest absolute Gasteiger partial charge is 0.432 e. The van der Waals surface area contributed by atoms with Crippen molar-refractivity contribution in [3.8, 4) is 0 Å². The van der Waals surface area contributed by atoms with Crippen molar-refractivity contribution in [2.24, 2.45) is 113 Å². The van der Waals surface area contributed by atoms with Crippen molar-refractivity contribution in [3.63, 3.8) is 0 Å². The molecule has 0 aromatic heterocycles. The molecule has 0 bridgehead atoms. The lowest BCUT2D eigenvalue weighted by atomic mass is 9.32. The zero-order valence-corrected chi connectivity index (χ0v) is 79.9. The summed E-state index contributed by atoms with van der Waals surface area (Å²) >= 11 is 0. The van der Waals surface area contributed by atoms with Crippen LogP contribution in [0.1, 0.15) is 193 Å². The molecule has 16 rings (SSSR count). The molecule has 16 aliphatic rings. The fourth-order valence-corrected chi connectivity index (χ4v) is 30.6. The van der Waals surface area contributed by atoms with Crippen molar-refractivity contribution in [2.45, 2.75) is 408 Å². The Kier molecular flexibility index (Phi) is 30.5. The molecule has 10 aliphatic carbocycles. The normalized spacial score (nSPS) is 56.9. The quantitative estimate of drug-likeness (QED) is 0.0478. The van der Waals surface area contributed by atoms with Crippen LogP contribution in [-0.2, 0) is 66.4 Å². The Morgan fingerprint density at radius 1 is 0.356 bits per heavy atom. The minimum atomic E-state index is -1.89. The molecule has 135 heavy (non-hydrogen) atoms. The van der Waals surface area contributed by atoms with Crippen molar-refractivity contribution < 1.29 is 194 Å². The fourth-order valence-electron chi connectivity index (χ4n) is 30.6. The van der Waals surface area contributed by atoms with E-state index in [9.17, 15) is 128 Å². The molecule has 55 atom stereocenters. The minimum absolute atomic E-state index is 0.0112. The minimum Gasteiger partial charge on any atom is -0.432 e. The summed E-state index contributed by atoms with van der Waals surface area (Å²) in [7, 11) is 0. The smallest absolute Gasteiger partial charge is 0.315 e. The number of aliphatic hydroxyl groups excluding tert-OH is 25. The maximum absolute atomic E-state index is 15.0. The van der Waals surface area contributed by atoms with Gasteiger partial charge >= 0.3 is 11.9 Å². The predicted molar refractivity (Wildman–Crippen MR) is 464 cm³/mol. The van der Waals surface area contributed by atoms with Gasteiger partial charge in [0.25, 0.3) is 0 Å². The average molecular weight is 1930 g/mol. The first-order chi connectivity index (χ1) is 63.1. The maximum atomic E-state index is 15.0. The number of esters is 2. The second-order valence-corrected chi connectivity index (χ2v) is 46.0. The molecule has 6 heterocycles. The van der Waals surface area contributed by atoms with Crippen molar-refractivity contribution in [2.75, 3.05) is 39.6 Å². The molecule has 14 fully saturated rings. The third kappa shape index (κ3) is 16.8. The molecule has 0 radical (unpaired) electrons. The van der Waals surface area contributed by atoms with Crippen molar-refractivity contribution in [1.29, 1.82) is 0 Å². The first-order valence-electron chi connectivity index (χ1n) is 49.2. The molecule has 0 aromatic rings. The molecule has 0 aromatic carbocycles. The van der Waals surface area contributed by atoms with Crippen LogP contribution in [0, 0.1) is 113 Å². The summed E-state index contributed by atoms with van der Waals surface area (Å²) in [5.74, 6) is -1.69. The van der Waals surface area contributed by atoms with Gasteiger partial charge < -0.3 is 185 Å². The van der Waals surface area contributed by atoms with Gasteiger partial charge in [-0.05, 0) is 196 Å². The molecule has 39 nitrogen and oxygen atoms in total. The van der Waals surface area contributed by atoms with Gasteiger partial charge in [-0.2, -0.15) is 0 Å². The van der Waals surface area contributed by atoms with Gasteiger partial charge in [-0.15, -0.1) is 0 Å². The lowest BCUT2D eigenvalue weighted by Gasteiger charge is -2.72. The Morgan fingerprint density at radius 2 is 0.719 bits per heavy atom. The highest BCUT2D eigenvalue weighted by Crippen LogP contribution is 2.79. The fraction of sp³-hybridized carbons (Fsp3) is 0.938. The third-order valence-corrected chi connectivity index (χ3v) is 39.3. The Labute approximate surface area is 786 Å². The Morgan fingerprint density at radius 3 is 1.13 bits per heavy atom. The van der Waals surface area contributed by atoms with Crippen LogP contribution >= 0.6 is 0 Å². The number of fused-ring (bicyclic) bond motifs is 14. The molecular formula is C96H156O39. The number of aliphatic hydroxyl groups is 25. The van der Waals surface area contributed by atoms with E-state index in [1.165, 1.54) is 19.4 Å². The molecule has 0 spiro atoms. The van der Waals surface area contributed by atoms with Gasteiger partial charge in [0.2, 0.25) is 12.6 Å². The first-order valence-corrected chi connectivity index (χ1v) is 49.2. The van der Waals surface area contributed by atoms with Crippen LogP contribution in [0.2, 0.25) is 0 Å². The summed E-state index contributed by atoms with van der Waals surface area (Å²) in [6.07, 6.45) is -41.2. The number of allylic oxidation sites excluding steroid dienone is 4. The Hall–Kier alpha value is -2.98. The monoisotopic (exact) mass is 1930 g/mol. The van der Waals surface area contributed by atoms with Gasteiger partial charge in [-0.1, -0.05) is 106 Å². The van der Waals surface area contributed by atoms with Gasteiger partial charge in [0.1, 0.15) is 134 Å². The van der Waals surface area contributed by atoms with E-state index >= 15 is 9.59 Å². The Bertz CT molecular complexity index is 4190. The number of hydrogen-bond acceptors (Lipinski definition) is 39. The zero-order valence-electron chi connectivity index (χ0n) is 79.9. The summed E-state index contributed by atoms with van der Waals surface area (Å²) in [6, 6.07) is 0. The maximum Gasteiger partial charge on any atom is 0.315 e. The van der Waals surface area contributed by atoms with Crippen LogP contribution in [-0.4, -0.2) is 394 Å². The van der Waals surface area contributed by atoms with Gasteiger partial charge in [0.05, 0.1) is 93.2 Å². The first kappa shape index (κ1) is 106. The van der Waals surface area contributed by atoms with E-state index in [0.717, 1.165) is 24.8 Å². The topological polar surface area (TPSA) is 651 Å². The Balaban J connectivity index is 0.000000206. The molecule has 25 N–H and O–H groups in total. The molecule has 8 saturated carbocycles. The van der Waals surface area contributed by atoms with Crippen LogP contribution in [0.5, 0.6) is 0 Å². The third-order valence-electron chi connectivity index (χ3n) is 39.3. The van der Waals surface area contributed by atoms with Gasteiger partial charge in [0, 0.05) is 16.7 Å². The highest BCUT2D eigenvalue weighted by Gasteiger charge is 2.76. The van der Waals surface area contributed by atoms with E-state index < -0.39 is 304 Å². The number of rotatable bonds is 18. The summed E-state index contributed by atoms with van der Waals surface area (Å²) < 4.78 is 69.4. The van der Waals surface area contributed by atoms with E-state index in [1.807, 2.05) is 6.92 Å². The van der Waals surface area contributed by atoms with E-state index in [0.29, 0.717) is 70.6 Å². The van der Waals surface area contributed by atoms with Gasteiger partial charge in [-0.3, -0.25) is 9.59 Å². The van der Waals surface area contributed by atoms with E-state index in [-0.39, 0.29) is 82.5 Å². The van der Waals surface area contributed by atoms with E-state index in [4.69, 9.17) is 56.8 Å². The predicted octanol–water partition coefficient (Wildman–Crippen LogP) is -3.09. The highest BCUT2D eigenvalue weighted by atomic mass is 16.8. The van der Waals surface area contributed by atoms with Crippen LogP contribution in [0.25, 0.3) is 0 Å². The van der Waals surface area contributed by atoms with Crippen LogP contribution in [0.4, 0.5) is 0 Å². The SMILES string of the molecule is C[C@H]1[C@H](C)CC[C@]2(C(=O)O[C@@H]3O[C@H](CO[C@@H]4O[C@H](CO)[C@@H](O[C@@H]5O[C@@H](C)[C@H](O)[C@@H](O)[C@H]5O)[C@H](O)[C@H]4O)[C@@H](O)[C@H](O)[C@H]3O)CC[C@]3(C)C(=CC[C@@H]4[C@@]5(C)C[C@@H](O)[C@H](O)[C@@](C)(CO)[C@@H]5[C@H](O)C[C@]43C)[C@H]12.C[C@H]1[C@H](C)CC[C@]2(C(=O)O[C@@H]3O[C@H](CO[C@@H]4O[C@H](CO)[C@@H](O[C@@H]5O[C@H](C)[C@H](O)[C@@H](O)[C@H]5O)[C@H](O)[C@H]4O)[C@@H](O)[C@H](O)[C@H]3O)CC[C@]3(C)C(=CC[C@@H]4[C@@]5(C)C[C@@H](O)[C@H](O)[C@@](C)(CO)[C@@H]5CC[C@]43C)[C@H]12. The standard InChI is InChI=1S/C48H78O20.C48H78O19/c1-19-10-11-48(13-12-46(6)22(28(48)20(19)2)8-9-27-44(4)14-24(52)39(61)45(5,18-50)38(44)23(51)15-47(27,46)7)43(62)68-42-35(59)32(56)30(54)26(66-42)17-63-40-36(60)33(57)37(25(16-49)65-40)67-41-34(58)31(55)29(53)21(3)64-41;1-20-10-13-48(15-14-46(6)23(29(48)21(20)2)8-9-28-44(4)16-24(51)39(60)45(5,19-50)27(44)11-12-47(28,46)7)43(61)67-42-36(58)33(55)31(53)26(65-42)18-62-40-37(59)34(56)38(25(17-49)64-40)66-41-35(57)32(54)30(52)22(3)63-41/h8,19-21,23-42,49-61H,9-18H2,1-7H3;8,20-22,24-42,49-60H,9-19H2,1-7H3/t19-,20+,21+,23-,24-,25-,26-,27-,28+,29+,30-,31-,32+,33-,34-,35-,36-,37-,38-,39+,40-,41+,42+,44-,45+,46-,47-,48+;20-,21+,22-,24-,25-,26-,27-,28-,29+,30+,31-,32-,33+,34-,35-,36-,37-,38-,39+,40-,41+,42+,44+,45+,46-,47-,48+/m11/s1. The van der Waals surface area contributed by atoms with Crippen molar-refractivity contribution >= 4 is 11.9 Å². The molecule has 0 unspecified atom stereocenters.